The fourth-order valence-electron chi connectivity index (χ4n) is 1.94. The van der Waals surface area contributed by atoms with Gasteiger partial charge < -0.3 is 9.52 Å². The summed E-state index contributed by atoms with van der Waals surface area (Å²) in [5.74, 6) is 0.318. The molecule has 0 atom stereocenters. The van der Waals surface area contributed by atoms with Crippen LogP contribution >= 0.6 is 0 Å². The summed E-state index contributed by atoms with van der Waals surface area (Å²) in [6.45, 7) is -0.189. The Labute approximate surface area is 129 Å². The maximum Gasteiger partial charge on any atom is 0.363 e. The molecule has 0 unspecified atom stereocenters. The minimum atomic E-state index is -0.714. The molecule has 1 aromatic carbocycles. The Morgan fingerprint density at radius 2 is 2.00 bits per heavy atom. The maximum absolute atomic E-state index is 11.3. The Kier molecular flexibility index (Phi) is 3.59. The third-order valence-electron chi connectivity index (χ3n) is 3.04. The number of hydrogen-bond acceptors (Lipinski definition) is 6. The van der Waals surface area contributed by atoms with Gasteiger partial charge in [-0.1, -0.05) is 0 Å². The van der Waals surface area contributed by atoms with Gasteiger partial charge in [0, 0.05) is 17.7 Å². The van der Waals surface area contributed by atoms with Crippen LogP contribution < -0.4 is 5.11 Å². The molecule has 1 aliphatic rings. The second kappa shape index (κ2) is 5.72. The lowest BCUT2D eigenvalue weighted by Crippen LogP contribution is -2.26. The first-order valence-corrected chi connectivity index (χ1v) is 6.47. The topological polar surface area (TPSA) is 124 Å². The predicted octanol–water partition coefficient (Wildman–Crippen LogP) is 1.38. The maximum atomic E-state index is 11.3. The molecular formula is C14H9N4O5-. The summed E-state index contributed by atoms with van der Waals surface area (Å²) < 4.78 is 5.52. The number of non-ortho nitro benzene ring substituents is 1. The molecule has 2 aromatic rings. The summed E-state index contributed by atoms with van der Waals surface area (Å²) >= 11 is 0. The quantitative estimate of drug-likeness (QED) is 0.479. The van der Waals surface area contributed by atoms with Gasteiger partial charge in [-0.3, -0.25) is 10.1 Å². The van der Waals surface area contributed by atoms with Gasteiger partial charge in [-0.25, -0.2) is 14.8 Å². The lowest BCUT2D eigenvalue weighted by molar-refractivity contribution is -0.384. The molecule has 0 bridgehead atoms. The van der Waals surface area contributed by atoms with Crippen LogP contribution in [-0.4, -0.2) is 34.6 Å². The second-order valence-corrected chi connectivity index (χ2v) is 4.60. The number of urea groups is 1. The third-order valence-corrected chi connectivity index (χ3v) is 3.04. The van der Waals surface area contributed by atoms with Gasteiger partial charge in [0.15, 0.2) is 0 Å². The Hall–Kier alpha value is -3.49. The molecule has 0 saturated carbocycles. The minimum Gasteiger partial charge on any atom is -0.860 e. The van der Waals surface area contributed by atoms with E-state index in [-0.39, 0.29) is 12.2 Å². The van der Waals surface area contributed by atoms with Crippen LogP contribution in [0.25, 0.3) is 11.3 Å². The lowest BCUT2D eigenvalue weighted by atomic mass is 10.1. The van der Waals surface area contributed by atoms with Crippen molar-refractivity contribution in [3.05, 3.63) is 52.3 Å². The zero-order chi connectivity index (χ0) is 16.4. The number of nitro benzene ring substituents is 1. The molecule has 0 spiro atoms. The van der Waals surface area contributed by atoms with E-state index in [2.05, 4.69) is 10.1 Å². The number of rotatable bonds is 4. The fourth-order valence-corrected chi connectivity index (χ4v) is 1.94. The number of carbonyl (C=O) groups is 1. The molecule has 3 rings (SSSR count). The molecule has 1 aromatic heterocycles. The van der Waals surface area contributed by atoms with Gasteiger partial charge in [-0.05, 0) is 30.2 Å². The van der Waals surface area contributed by atoms with Crippen LogP contribution in [-0.2, 0) is 0 Å². The van der Waals surface area contributed by atoms with Gasteiger partial charge in [0.2, 0.25) is 0 Å². The van der Waals surface area contributed by atoms with E-state index in [1.165, 1.54) is 18.3 Å². The smallest absolute Gasteiger partial charge is 0.363 e. The molecule has 2 amide bonds. The number of hydrazone groups is 1. The van der Waals surface area contributed by atoms with Crippen LogP contribution in [0.4, 0.5) is 10.5 Å². The number of benzene rings is 1. The van der Waals surface area contributed by atoms with Crippen molar-refractivity contribution in [1.82, 2.24) is 5.01 Å². The zero-order valence-corrected chi connectivity index (χ0v) is 11.6. The van der Waals surface area contributed by atoms with E-state index in [4.69, 9.17) is 4.42 Å². The molecule has 0 saturated heterocycles. The molecule has 1 aliphatic heterocycles. The van der Waals surface area contributed by atoms with Crippen molar-refractivity contribution in [2.75, 3.05) is 6.54 Å². The number of amides is 2. The fraction of sp³-hybridized carbons (Fsp3) is 0.0714. The van der Waals surface area contributed by atoms with Crippen molar-refractivity contribution < 1.29 is 19.2 Å². The van der Waals surface area contributed by atoms with E-state index in [0.29, 0.717) is 17.1 Å². The van der Waals surface area contributed by atoms with Crippen molar-refractivity contribution in [1.29, 1.82) is 0 Å². The van der Waals surface area contributed by atoms with Gasteiger partial charge in [0.25, 0.3) is 5.69 Å². The molecule has 2 heterocycles. The summed E-state index contributed by atoms with van der Waals surface area (Å²) in [6, 6.07) is 8.47. The zero-order valence-electron chi connectivity index (χ0n) is 11.6. The highest BCUT2D eigenvalue weighted by molar-refractivity contribution is 5.96. The first-order chi connectivity index (χ1) is 11.0. The summed E-state index contributed by atoms with van der Waals surface area (Å²) in [7, 11) is 0. The van der Waals surface area contributed by atoms with E-state index in [9.17, 15) is 20.0 Å². The van der Waals surface area contributed by atoms with Crippen LogP contribution in [0.5, 0.6) is 0 Å². The molecule has 116 valence electrons. The Morgan fingerprint density at radius 1 is 1.26 bits per heavy atom. The van der Waals surface area contributed by atoms with Crippen molar-refractivity contribution in [3.8, 4) is 11.3 Å². The van der Waals surface area contributed by atoms with Crippen LogP contribution in [0, 0.1) is 10.1 Å². The highest BCUT2D eigenvalue weighted by atomic mass is 16.6. The van der Waals surface area contributed by atoms with Gasteiger partial charge in [0.05, 0.1) is 17.7 Å². The Morgan fingerprint density at radius 3 is 2.61 bits per heavy atom. The van der Waals surface area contributed by atoms with Crippen LogP contribution in [0.3, 0.4) is 0 Å². The minimum absolute atomic E-state index is 0.0111. The summed E-state index contributed by atoms with van der Waals surface area (Å²) in [5, 5.41) is 26.3. The summed E-state index contributed by atoms with van der Waals surface area (Å²) in [6.07, 6.45) is 1.29. The molecule has 0 N–H and O–H groups in total. The molecule has 9 heteroatoms. The summed E-state index contributed by atoms with van der Waals surface area (Å²) in [4.78, 5) is 24.6. The van der Waals surface area contributed by atoms with Gasteiger partial charge in [-0.15, -0.1) is 0 Å². The lowest BCUT2D eigenvalue weighted by Gasteiger charge is -2.07. The van der Waals surface area contributed by atoms with Crippen molar-refractivity contribution >= 4 is 23.8 Å². The van der Waals surface area contributed by atoms with Crippen molar-refractivity contribution in [2.45, 2.75) is 0 Å². The second-order valence-electron chi connectivity index (χ2n) is 4.60. The monoisotopic (exact) mass is 313 g/mol. The number of furan rings is 1. The molecule has 0 fully saturated rings. The summed E-state index contributed by atoms with van der Waals surface area (Å²) in [5.41, 5.74) is 0.653. The van der Waals surface area contributed by atoms with Crippen LogP contribution in [0.15, 0.2) is 50.9 Å². The highest BCUT2D eigenvalue weighted by Crippen LogP contribution is 2.24. The number of aliphatic imine (C=N–C) groups is 1. The molecule has 0 aliphatic carbocycles. The first kappa shape index (κ1) is 14.4. The average Bonchev–Trinajstić information content (AvgIpc) is 3.11. The van der Waals surface area contributed by atoms with E-state index in [0.717, 1.165) is 5.01 Å². The van der Waals surface area contributed by atoms with Gasteiger partial charge in [-0.2, -0.15) is 5.10 Å². The van der Waals surface area contributed by atoms with E-state index < -0.39 is 16.9 Å². The SMILES string of the molecule is O=C1N=C([O-])CN1N=Cc1ccc(-c2ccc([N+](=O)[O-])cc2)o1. The van der Waals surface area contributed by atoms with Crippen LogP contribution in [0.2, 0.25) is 0 Å². The third kappa shape index (κ3) is 3.07. The van der Waals surface area contributed by atoms with E-state index in [1.807, 2.05) is 0 Å². The molecular weight excluding hydrogens is 304 g/mol. The van der Waals surface area contributed by atoms with Crippen LogP contribution in [0.1, 0.15) is 5.76 Å². The largest absolute Gasteiger partial charge is 0.860 e. The van der Waals surface area contributed by atoms with Crippen molar-refractivity contribution in [2.24, 2.45) is 10.1 Å². The number of carbonyl (C=O) groups excluding carboxylic acids is 1. The highest BCUT2D eigenvalue weighted by Gasteiger charge is 2.17. The molecule has 23 heavy (non-hydrogen) atoms. The van der Waals surface area contributed by atoms with Gasteiger partial charge in [0.1, 0.15) is 11.5 Å². The van der Waals surface area contributed by atoms with E-state index in [1.54, 1.807) is 24.3 Å². The number of nitrogens with zero attached hydrogens (tertiary/aromatic N) is 4. The average molecular weight is 313 g/mol. The Bertz CT molecular complexity index is 822. The number of hydrogen-bond donors (Lipinski definition) is 0. The van der Waals surface area contributed by atoms with E-state index >= 15 is 0 Å². The van der Waals surface area contributed by atoms with Gasteiger partial charge >= 0.3 is 6.03 Å². The normalized spacial score (nSPS) is 14.5. The number of nitro groups is 1. The van der Waals surface area contributed by atoms with Crippen molar-refractivity contribution in [3.63, 3.8) is 0 Å². The predicted molar refractivity (Wildman–Crippen MR) is 77.9 cm³/mol. The molecule has 0 radical (unpaired) electrons. The standard InChI is InChI=1S/C14H10N4O5/c19-13-8-17(14(20)16-13)15-7-11-5-6-12(23-11)9-1-3-10(4-2-9)18(21)22/h1-7H,8H2,(H,16,19,20)/p-1. The first-order valence-electron chi connectivity index (χ1n) is 6.47. The molecule has 9 nitrogen and oxygen atoms in total. The Balaban J connectivity index is 1.73.